The highest BCUT2D eigenvalue weighted by Crippen LogP contribution is 2.37. The van der Waals surface area contributed by atoms with E-state index in [1.165, 1.54) is 19.3 Å². The Hall–Kier alpha value is -0.810. The summed E-state index contributed by atoms with van der Waals surface area (Å²) in [5, 5.41) is 0. The minimum atomic E-state index is 0.779. The van der Waals surface area contributed by atoms with Crippen molar-refractivity contribution in [1.82, 2.24) is 10.3 Å². The standard InChI is InChI=1S/C13H26N4O/c1-2-18-8-4-7-15-13(16-14)17-9-11-5-3-6-12(11)10-17/h11-12H,2-10,14H2,1H3,(H,15,16). The Kier molecular flexibility index (Phi) is 5.26. The molecule has 0 amide bonds. The summed E-state index contributed by atoms with van der Waals surface area (Å²) in [5.74, 6) is 8.19. The average Bonchev–Trinajstić information content (AvgIpc) is 2.94. The molecule has 1 heterocycles. The number of hydrazine groups is 1. The van der Waals surface area contributed by atoms with E-state index < -0.39 is 0 Å². The molecular formula is C13H26N4O. The molecule has 3 N–H and O–H groups in total. The van der Waals surface area contributed by atoms with Crippen LogP contribution in [0.2, 0.25) is 0 Å². The third-order valence-electron chi connectivity index (χ3n) is 4.07. The molecule has 2 rings (SSSR count). The first-order valence-electron chi connectivity index (χ1n) is 7.19. The molecule has 2 unspecified atom stereocenters. The van der Waals surface area contributed by atoms with Gasteiger partial charge in [-0.15, -0.1) is 0 Å². The molecule has 1 aliphatic carbocycles. The van der Waals surface area contributed by atoms with E-state index in [-0.39, 0.29) is 0 Å². The lowest BCUT2D eigenvalue weighted by atomic mass is 10.0. The first kappa shape index (κ1) is 13.6. The Bertz CT molecular complexity index is 270. The number of rotatable bonds is 5. The predicted molar refractivity (Wildman–Crippen MR) is 73.1 cm³/mol. The number of guanidine groups is 1. The molecule has 5 heteroatoms. The molecule has 104 valence electrons. The Balaban J connectivity index is 1.76. The van der Waals surface area contributed by atoms with Gasteiger partial charge in [-0.2, -0.15) is 0 Å². The highest BCUT2D eigenvalue weighted by molar-refractivity contribution is 5.79. The highest BCUT2D eigenvalue weighted by atomic mass is 16.5. The summed E-state index contributed by atoms with van der Waals surface area (Å²) in [7, 11) is 0. The van der Waals surface area contributed by atoms with Crippen molar-refractivity contribution in [3.63, 3.8) is 0 Å². The van der Waals surface area contributed by atoms with E-state index in [2.05, 4.69) is 15.3 Å². The van der Waals surface area contributed by atoms with Gasteiger partial charge in [0, 0.05) is 32.8 Å². The maximum absolute atomic E-state index is 5.59. The van der Waals surface area contributed by atoms with Crippen molar-refractivity contribution in [3.05, 3.63) is 0 Å². The molecule has 0 bridgehead atoms. The fraction of sp³-hybridized carbons (Fsp3) is 0.923. The van der Waals surface area contributed by atoms with Crippen LogP contribution in [0.3, 0.4) is 0 Å². The number of nitrogens with two attached hydrogens (primary N) is 1. The summed E-state index contributed by atoms with van der Waals surface area (Å²) in [6, 6.07) is 0. The molecule has 1 saturated heterocycles. The van der Waals surface area contributed by atoms with Gasteiger partial charge in [-0.25, -0.2) is 5.84 Å². The zero-order valence-electron chi connectivity index (χ0n) is 11.4. The lowest BCUT2D eigenvalue weighted by molar-refractivity contribution is 0.146. The SMILES string of the molecule is CCOCCCN=C(NN)N1CC2CCCC2C1. The fourth-order valence-corrected chi connectivity index (χ4v) is 3.14. The number of ether oxygens (including phenoxy) is 1. The van der Waals surface area contributed by atoms with Gasteiger partial charge in [-0.05, 0) is 38.0 Å². The van der Waals surface area contributed by atoms with Crippen LogP contribution in [-0.2, 0) is 4.74 Å². The number of fused-ring (bicyclic) bond motifs is 1. The first-order chi connectivity index (χ1) is 8.85. The van der Waals surface area contributed by atoms with E-state index in [1.54, 1.807) is 0 Å². The van der Waals surface area contributed by atoms with Gasteiger partial charge in [0.25, 0.3) is 0 Å². The van der Waals surface area contributed by atoms with Crippen LogP contribution in [0.5, 0.6) is 0 Å². The van der Waals surface area contributed by atoms with Gasteiger partial charge < -0.3 is 9.64 Å². The summed E-state index contributed by atoms with van der Waals surface area (Å²) >= 11 is 0. The number of nitrogens with one attached hydrogen (secondary N) is 1. The van der Waals surface area contributed by atoms with E-state index >= 15 is 0 Å². The van der Waals surface area contributed by atoms with Gasteiger partial charge in [0.2, 0.25) is 5.96 Å². The molecular weight excluding hydrogens is 228 g/mol. The molecule has 18 heavy (non-hydrogen) atoms. The van der Waals surface area contributed by atoms with E-state index in [4.69, 9.17) is 10.6 Å². The van der Waals surface area contributed by atoms with E-state index in [0.29, 0.717) is 0 Å². The van der Waals surface area contributed by atoms with Crippen molar-refractivity contribution in [2.75, 3.05) is 32.8 Å². The molecule has 1 saturated carbocycles. The van der Waals surface area contributed by atoms with Crippen molar-refractivity contribution in [2.45, 2.75) is 32.6 Å². The summed E-state index contributed by atoms with van der Waals surface area (Å²) in [4.78, 5) is 6.86. The van der Waals surface area contributed by atoms with Gasteiger partial charge in [0.1, 0.15) is 0 Å². The number of hydrogen-bond acceptors (Lipinski definition) is 3. The molecule has 0 radical (unpaired) electrons. The largest absolute Gasteiger partial charge is 0.382 e. The third-order valence-corrected chi connectivity index (χ3v) is 4.07. The van der Waals surface area contributed by atoms with E-state index in [0.717, 1.165) is 57.1 Å². The van der Waals surface area contributed by atoms with Gasteiger partial charge in [0.15, 0.2) is 0 Å². The van der Waals surface area contributed by atoms with Gasteiger partial charge in [-0.3, -0.25) is 10.4 Å². The Morgan fingerprint density at radius 2 is 2.11 bits per heavy atom. The van der Waals surface area contributed by atoms with Crippen LogP contribution in [0.15, 0.2) is 4.99 Å². The second-order valence-electron chi connectivity index (χ2n) is 5.26. The van der Waals surface area contributed by atoms with Crippen molar-refractivity contribution in [3.8, 4) is 0 Å². The molecule has 2 atom stereocenters. The maximum Gasteiger partial charge on any atom is 0.208 e. The minimum Gasteiger partial charge on any atom is -0.382 e. The van der Waals surface area contributed by atoms with Crippen LogP contribution in [0, 0.1) is 11.8 Å². The second-order valence-corrected chi connectivity index (χ2v) is 5.26. The summed E-state index contributed by atoms with van der Waals surface area (Å²) in [6.45, 7) is 6.60. The molecule has 5 nitrogen and oxygen atoms in total. The second kappa shape index (κ2) is 6.95. The van der Waals surface area contributed by atoms with Crippen molar-refractivity contribution in [1.29, 1.82) is 0 Å². The zero-order chi connectivity index (χ0) is 12.8. The monoisotopic (exact) mass is 254 g/mol. The van der Waals surface area contributed by atoms with Crippen LogP contribution in [0.1, 0.15) is 32.6 Å². The molecule has 1 aliphatic heterocycles. The smallest absolute Gasteiger partial charge is 0.208 e. The minimum absolute atomic E-state index is 0.779. The van der Waals surface area contributed by atoms with Crippen LogP contribution in [0.25, 0.3) is 0 Å². The van der Waals surface area contributed by atoms with Crippen molar-refractivity contribution < 1.29 is 4.74 Å². The number of likely N-dealkylation sites (tertiary alicyclic amines) is 1. The van der Waals surface area contributed by atoms with Crippen LogP contribution >= 0.6 is 0 Å². The normalized spacial score (nSPS) is 27.7. The highest BCUT2D eigenvalue weighted by Gasteiger charge is 2.37. The zero-order valence-corrected chi connectivity index (χ0v) is 11.4. The predicted octanol–water partition coefficient (Wildman–Crippen LogP) is 0.964. The van der Waals surface area contributed by atoms with E-state index in [9.17, 15) is 0 Å². The molecule has 2 fully saturated rings. The summed E-state index contributed by atoms with van der Waals surface area (Å²) in [6.07, 6.45) is 5.12. The molecule has 0 aromatic rings. The Morgan fingerprint density at radius 1 is 1.39 bits per heavy atom. The molecule has 0 aromatic heterocycles. The van der Waals surface area contributed by atoms with Gasteiger partial charge in [0.05, 0.1) is 0 Å². The third kappa shape index (κ3) is 3.36. The summed E-state index contributed by atoms with van der Waals surface area (Å²) < 4.78 is 5.30. The van der Waals surface area contributed by atoms with Crippen LogP contribution < -0.4 is 11.3 Å². The van der Waals surface area contributed by atoms with Crippen molar-refractivity contribution >= 4 is 5.96 Å². The molecule has 0 aromatic carbocycles. The number of hydrogen-bond donors (Lipinski definition) is 2. The van der Waals surface area contributed by atoms with E-state index in [1.807, 2.05) is 6.92 Å². The lowest BCUT2D eigenvalue weighted by Gasteiger charge is -2.20. The molecule has 2 aliphatic rings. The van der Waals surface area contributed by atoms with Crippen LogP contribution in [-0.4, -0.2) is 43.7 Å². The van der Waals surface area contributed by atoms with Crippen LogP contribution in [0.4, 0.5) is 0 Å². The molecule has 0 spiro atoms. The Labute approximate surface area is 110 Å². The first-order valence-corrected chi connectivity index (χ1v) is 7.19. The van der Waals surface area contributed by atoms with Gasteiger partial charge in [-0.1, -0.05) is 6.42 Å². The Morgan fingerprint density at radius 3 is 2.72 bits per heavy atom. The number of aliphatic imine (C=N–C) groups is 1. The average molecular weight is 254 g/mol. The number of nitrogens with zero attached hydrogens (tertiary/aromatic N) is 2. The topological polar surface area (TPSA) is 62.9 Å². The summed E-state index contributed by atoms with van der Waals surface area (Å²) in [5.41, 5.74) is 2.76. The lowest BCUT2D eigenvalue weighted by Crippen LogP contribution is -2.44. The quantitative estimate of drug-likeness (QED) is 0.252. The van der Waals surface area contributed by atoms with Gasteiger partial charge >= 0.3 is 0 Å². The maximum atomic E-state index is 5.59. The fourth-order valence-electron chi connectivity index (χ4n) is 3.14. The van der Waals surface area contributed by atoms with Crippen molar-refractivity contribution in [2.24, 2.45) is 22.7 Å².